The van der Waals surface area contributed by atoms with Crippen molar-refractivity contribution in [3.05, 3.63) is 101 Å². The Morgan fingerprint density at radius 2 is 1.77 bits per heavy atom. The van der Waals surface area contributed by atoms with Gasteiger partial charge < -0.3 is 28.6 Å². The molecule has 14 nitrogen and oxygen atoms in total. The first-order valence-electron chi connectivity index (χ1n) is 19.7. The number of likely N-dealkylation sites (tertiary alicyclic amines) is 2. The number of benzene rings is 2. The van der Waals surface area contributed by atoms with Gasteiger partial charge in [-0.1, -0.05) is 30.7 Å². The second-order valence-electron chi connectivity index (χ2n) is 14.7. The molecule has 0 N–H and O–H groups in total. The maximum absolute atomic E-state index is 15.8. The molecule has 3 aromatic rings. The molecular weight excluding hydrogens is 806 g/mol. The summed E-state index contributed by atoms with van der Waals surface area (Å²) in [6.45, 7) is 6.37. The van der Waals surface area contributed by atoms with Crippen LogP contribution in [0.3, 0.4) is 0 Å². The number of carbonyl (C=O) groups excluding carboxylic acids is 3. The fourth-order valence-corrected chi connectivity index (χ4v) is 8.60. The highest BCUT2D eigenvalue weighted by atomic mass is 32.2. The van der Waals surface area contributed by atoms with Gasteiger partial charge in [0.05, 0.1) is 43.1 Å². The molecule has 3 fully saturated rings. The predicted molar refractivity (Wildman–Crippen MR) is 212 cm³/mol. The highest BCUT2D eigenvalue weighted by Gasteiger charge is 2.47. The van der Waals surface area contributed by atoms with Crippen LogP contribution >= 0.6 is 11.8 Å². The third-order valence-corrected chi connectivity index (χ3v) is 11.9. The van der Waals surface area contributed by atoms with Crippen molar-refractivity contribution in [3.63, 3.8) is 0 Å². The molecule has 1 amide bonds. The Kier molecular flexibility index (Phi) is 15.4. The number of rotatable bonds is 16. The van der Waals surface area contributed by atoms with Crippen LogP contribution in [-0.4, -0.2) is 111 Å². The van der Waals surface area contributed by atoms with Crippen molar-refractivity contribution >= 4 is 35.9 Å². The Bertz CT molecular complexity index is 2050. The van der Waals surface area contributed by atoms with Crippen molar-refractivity contribution < 1.29 is 51.2 Å². The quantitative estimate of drug-likeness (QED) is 0.0924. The van der Waals surface area contributed by atoms with Crippen LogP contribution < -0.4 is 0 Å². The number of thioether (sulfide) groups is 1. The lowest BCUT2D eigenvalue weighted by Gasteiger charge is -2.46. The molecule has 4 heterocycles. The highest BCUT2D eigenvalue weighted by Crippen LogP contribution is 2.42. The van der Waals surface area contributed by atoms with Gasteiger partial charge in [0.1, 0.15) is 30.1 Å². The summed E-state index contributed by atoms with van der Waals surface area (Å²) in [5.74, 6) is -3.31. The molecule has 3 saturated heterocycles. The number of carbonyl (C=O) groups is 3. The molecule has 0 aliphatic carbocycles. The van der Waals surface area contributed by atoms with E-state index in [0.29, 0.717) is 30.8 Å². The average Bonchev–Trinajstić information content (AvgIpc) is 3.72. The Hall–Kier alpha value is -5.22. The average molecular weight is 853 g/mol. The number of piperidine rings is 1. The van der Waals surface area contributed by atoms with Crippen LogP contribution in [-0.2, 0) is 45.4 Å². The van der Waals surface area contributed by atoms with Crippen molar-refractivity contribution in [1.29, 1.82) is 5.26 Å². The van der Waals surface area contributed by atoms with Crippen LogP contribution in [0.1, 0.15) is 62.6 Å². The molecule has 60 heavy (non-hydrogen) atoms. The normalized spacial score (nSPS) is 20.8. The largest absolute Gasteiger partial charge is 0.512 e. The monoisotopic (exact) mass is 852 g/mol. The molecule has 0 bridgehead atoms. The zero-order chi connectivity index (χ0) is 42.6. The minimum atomic E-state index is -1.91. The number of amides is 1. The predicted octanol–water partition coefficient (Wildman–Crippen LogP) is 6.11. The first-order chi connectivity index (χ1) is 28.9. The summed E-state index contributed by atoms with van der Waals surface area (Å²) in [6.07, 6.45) is 8.76. The number of hydrogen-bond donors (Lipinski definition) is 0. The zero-order valence-electron chi connectivity index (χ0n) is 33.3. The number of nitriles is 1. The minimum Gasteiger partial charge on any atom is -0.425 e. The molecular formula is C42H47F3N6O8S. The Labute approximate surface area is 350 Å². The molecule has 18 heteroatoms. The summed E-state index contributed by atoms with van der Waals surface area (Å²) >= 11 is 1.26. The van der Waals surface area contributed by atoms with Gasteiger partial charge in [-0.25, -0.2) is 27.6 Å². The van der Waals surface area contributed by atoms with E-state index >= 15 is 4.39 Å². The van der Waals surface area contributed by atoms with E-state index in [1.807, 2.05) is 6.07 Å². The molecule has 1 aromatic heterocycles. The van der Waals surface area contributed by atoms with Crippen molar-refractivity contribution in [2.45, 2.75) is 87.2 Å². The van der Waals surface area contributed by atoms with Gasteiger partial charge in [0.15, 0.2) is 11.9 Å². The van der Waals surface area contributed by atoms with Crippen LogP contribution in [0.4, 0.5) is 18.0 Å². The van der Waals surface area contributed by atoms with Crippen molar-refractivity contribution in [2.75, 3.05) is 39.4 Å². The fourth-order valence-electron chi connectivity index (χ4n) is 7.24. The van der Waals surface area contributed by atoms with E-state index in [1.54, 1.807) is 30.1 Å². The SMILES string of the molecule is CC(OC(=O)CCC(=O)N1CC(N2CCCCC2)C1)OC(=O)OC(Cn1cncn1)(c1ccc(F)cc1F)C(C)SC1COC(C=CC=Cc2ccc(C#N)cc2F)OC1. The number of allylic oxidation sites excluding steroid dienone is 2. The van der Waals surface area contributed by atoms with E-state index in [9.17, 15) is 23.2 Å². The van der Waals surface area contributed by atoms with Crippen LogP contribution in [0.25, 0.3) is 6.08 Å². The number of ether oxygens (including phenoxy) is 5. The fraction of sp³-hybridized carbons (Fsp3) is 0.476. The minimum absolute atomic E-state index is 0.0634. The molecule has 3 atom stereocenters. The molecule has 320 valence electrons. The highest BCUT2D eigenvalue weighted by molar-refractivity contribution is 8.00. The van der Waals surface area contributed by atoms with Crippen LogP contribution in [0, 0.1) is 28.8 Å². The number of halogens is 3. The molecule has 0 radical (unpaired) electrons. The zero-order valence-corrected chi connectivity index (χ0v) is 34.1. The second-order valence-corrected chi connectivity index (χ2v) is 16.4. The van der Waals surface area contributed by atoms with Crippen molar-refractivity contribution in [1.82, 2.24) is 24.6 Å². The third kappa shape index (κ3) is 11.7. The topological polar surface area (TPSA) is 158 Å². The molecule has 2 aromatic carbocycles. The molecule has 3 unspecified atom stereocenters. The molecule has 0 saturated carbocycles. The van der Waals surface area contributed by atoms with Gasteiger partial charge in [-0.15, -0.1) is 11.8 Å². The lowest BCUT2D eigenvalue weighted by atomic mass is 9.89. The van der Waals surface area contributed by atoms with E-state index in [1.165, 1.54) is 66.7 Å². The van der Waals surface area contributed by atoms with Gasteiger partial charge in [0.25, 0.3) is 0 Å². The summed E-state index contributed by atoms with van der Waals surface area (Å²) in [6, 6.07) is 9.28. The van der Waals surface area contributed by atoms with E-state index in [2.05, 4.69) is 15.0 Å². The number of esters is 1. The second kappa shape index (κ2) is 20.8. The van der Waals surface area contributed by atoms with Crippen molar-refractivity contribution in [3.8, 4) is 6.07 Å². The van der Waals surface area contributed by atoms with Gasteiger partial charge in [0, 0.05) is 54.9 Å². The van der Waals surface area contributed by atoms with Gasteiger partial charge in [-0.05, 0) is 63.2 Å². The molecule has 6 rings (SSSR count). The summed E-state index contributed by atoms with van der Waals surface area (Å²) in [7, 11) is 0. The standard InChI is InChI=1S/C42H47F3N6O8S/c1-28(60-34-23-55-40(56-24-34)9-5-4-8-31-11-10-30(20-46)18-36(31)44)42(25-51-27-47-26-48-51,35-13-12-32(43)19-37(35)45)59-41(54)58-29(2)57-39(53)15-14-38(52)50-21-33(22-50)49-16-6-3-7-17-49/h4-5,8-13,18-19,26-29,33-34,40H,3,6-7,14-17,21-25H2,1-2H3. The van der Waals surface area contributed by atoms with Gasteiger partial charge in [-0.3, -0.25) is 14.5 Å². The van der Waals surface area contributed by atoms with Gasteiger partial charge in [0.2, 0.25) is 12.2 Å². The summed E-state index contributed by atoms with van der Waals surface area (Å²) in [4.78, 5) is 47.1. The van der Waals surface area contributed by atoms with Crippen LogP contribution in [0.5, 0.6) is 0 Å². The van der Waals surface area contributed by atoms with E-state index in [-0.39, 0.29) is 54.9 Å². The number of hydrogen-bond acceptors (Lipinski definition) is 13. The molecule has 3 aliphatic heterocycles. The Morgan fingerprint density at radius 1 is 1.00 bits per heavy atom. The van der Waals surface area contributed by atoms with Crippen LogP contribution in [0.2, 0.25) is 0 Å². The van der Waals surface area contributed by atoms with Crippen LogP contribution in [0.15, 0.2) is 67.3 Å². The maximum Gasteiger partial charge on any atom is 0.512 e. The van der Waals surface area contributed by atoms with Gasteiger partial charge in [-0.2, -0.15) is 10.4 Å². The smallest absolute Gasteiger partial charge is 0.425 e. The Morgan fingerprint density at radius 3 is 2.45 bits per heavy atom. The lowest BCUT2D eigenvalue weighted by Crippen LogP contribution is -2.61. The maximum atomic E-state index is 15.8. The van der Waals surface area contributed by atoms with Crippen molar-refractivity contribution in [2.24, 2.45) is 0 Å². The van der Waals surface area contributed by atoms with E-state index in [4.69, 9.17) is 28.9 Å². The van der Waals surface area contributed by atoms with Gasteiger partial charge >= 0.3 is 12.1 Å². The summed E-state index contributed by atoms with van der Waals surface area (Å²) in [5.41, 5.74) is -1.57. The summed E-state index contributed by atoms with van der Waals surface area (Å²) in [5, 5.41) is 11.9. The first-order valence-corrected chi connectivity index (χ1v) is 20.7. The number of aromatic nitrogens is 3. The van der Waals surface area contributed by atoms with E-state index in [0.717, 1.165) is 38.1 Å². The number of nitrogens with zero attached hydrogens (tertiary/aromatic N) is 6. The molecule has 3 aliphatic rings. The first kappa shape index (κ1) is 44.3. The van der Waals surface area contributed by atoms with E-state index < -0.39 is 53.0 Å². The third-order valence-electron chi connectivity index (χ3n) is 10.5. The lowest BCUT2D eigenvalue weighted by molar-refractivity contribution is -0.172. The summed E-state index contributed by atoms with van der Waals surface area (Å²) < 4.78 is 74.0. The molecule has 0 spiro atoms. The Balaban J connectivity index is 1.06.